The molecule has 1 aromatic heterocycles. The van der Waals surface area contributed by atoms with Gasteiger partial charge in [-0.1, -0.05) is 18.2 Å². The first-order valence-corrected chi connectivity index (χ1v) is 10.2. The third kappa shape index (κ3) is 5.21. The van der Waals surface area contributed by atoms with Crippen LogP contribution in [0.25, 0.3) is 0 Å². The summed E-state index contributed by atoms with van der Waals surface area (Å²) in [6.07, 6.45) is 3.06. The summed E-state index contributed by atoms with van der Waals surface area (Å²) in [5.41, 5.74) is 0.313. The summed E-state index contributed by atoms with van der Waals surface area (Å²) < 4.78 is 30.3. The number of imidazole rings is 1. The van der Waals surface area contributed by atoms with E-state index in [1.165, 1.54) is 30.3 Å². The largest absolute Gasteiger partial charge is 0.434 e. The van der Waals surface area contributed by atoms with Gasteiger partial charge in [-0.2, -0.15) is 8.78 Å². The minimum absolute atomic E-state index is 0.00978. The molecule has 0 bridgehead atoms. The molecular formula is C21H25F2N5O4. The fourth-order valence-electron chi connectivity index (χ4n) is 3.58. The molecule has 1 unspecified atom stereocenters. The molecule has 1 atom stereocenters. The first-order chi connectivity index (χ1) is 15.3. The summed E-state index contributed by atoms with van der Waals surface area (Å²) in [6.45, 7) is -0.527. The molecule has 1 fully saturated rings. The Kier molecular flexibility index (Phi) is 7.39. The minimum Gasteiger partial charge on any atom is -0.434 e. The topological polar surface area (TPSA) is 108 Å². The maximum absolute atomic E-state index is 13.3. The molecule has 0 aliphatic carbocycles. The summed E-state index contributed by atoms with van der Waals surface area (Å²) in [6, 6.07) is 5.27. The number of hydrogen-bond acceptors (Lipinski definition) is 5. The summed E-state index contributed by atoms with van der Waals surface area (Å²) in [5, 5.41) is 2.44. The molecule has 172 valence electrons. The van der Waals surface area contributed by atoms with E-state index in [4.69, 9.17) is 0 Å². The molecule has 1 aliphatic rings. The van der Waals surface area contributed by atoms with Gasteiger partial charge < -0.3 is 24.8 Å². The van der Waals surface area contributed by atoms with Gasteiger partial charge in [0.05, 0.1) is 12.2 Å². The average molecular weight is 449 g/mol. The van der Waals surface area contributed by atoms with Crippen molar-refractivity contribution in [1.82, 2.24) is 25.1 Å². The van der Waals surface area contributed by atoms with Gasteiger partial charge in [0.2, 0.25) is 5.91 Å². The molecule has 2 heterocycles. The molecule has 1 aliphatic heterocycles. The Morgan fingerprint density at radius 3 is 2.59 bits per heavy atom. The van der Waals surface area contributed by atoms with Crippen LogP contribution in [-0.2, 0) is 4.79 Å². The zero-order valence-electron chi connectivity index (χ0n) is 17.8. The van der Waals surface area contributed by atoms with Gasteiger partial charge >= 0.3 is 6.61 Å². The van der Waals surface area contributed by atoms with Crippen molar-refractivity contribution in [1.29, 1.82) is 0 Å². The molecule has 0 radical (unpaired) electrons. The van der Waals surface area contributed by atoms with E-state index in [2.05, 4.69) is 20.0 Å². The monoisotopic (exact) mass is 449 g/mol. The summed E-state index contributed by atoms with van der Waals surface area (Å²) in [5.74, 6) is -1.43. The lowest BCUT2D eigenvalue weighted by atomic mass is 10.0. The number of aromatic amines is 1. The van der Waals surface area contributed by atoms with Crippen LogP contribution in [0.1, 0.15) is 52.5 Å². The van der Waals surface area contributed by atoms with Crippen LogP contribution in [0.4, 0.5) is 8.78 Å². The van der Waals surface area contributed by atoms with Gasteiger partial charge in [0.1, 0.15) is 18.0 Å². The summed E-state index contributed by atoms with van der Waals surface area (Å²) in [4.78, 5) is 47.5. The Bertz CT molecular complexity index is 975. The van der Waals surface area contributed by atoms with Crippen LogP contribution in [0.3, 0.4) is 0 Å². The van der Waals surface area contributed by atoms with Crippen molar-refractivity contribution in [3.63, 3.8) is 0 Å². The van der Waals surface area contributed by atoms with Crippen molar-refractivity contribution in [3.8, 4) is 5.75 Å². The highest BCUT2D eigenvalue weighted by molar-refractivity contribution is 5.97. The zero-order chi connectivity index (χ0) is 23.3. The van der Waals surface area contributed by atoms with Crippen molar-refractivity contribution in [2.24, 2.45) is 0 Å². The number of likely N-dealkylation sites (tertiary alicyclic amines) is 1. The first kappa shape index (κ1) is 23.2. The molecule has 1 aromatic carbocycles. The van der Waals surface area contributed by atoms with Gasteiger partial charge in [0.25, 0.3) is 11.8 Å². The van der Waals surface area contributed by atoms with Gasteiger partial charge in [0.15, 0.2) is 5.82 Å². The standard InChI is InChI=1S/C21H25F2N5O4/c1-13(14-7-3-4-8-16(14)32-21(22)23)28(12-17(29)24-2)19(30)15-11-25-18(26-15)20(31)27-9-5-6-10-27/h3-4,7-8,11,13,21H,5-6,9-10,12H2,1-2H3,(H,24,29)(H,25,26). The number of nitrogens with one attached hydrogen (secondary N) is 2. The van der Waals surface area contributed by atoms with Gasteiger partial charge in [-0.25, -0.2) is 4.98 Å². The number of carbonyl (C=O) groups excluding carboxylic acids is 3. The molecule has 0 spiro atoms. The molecule has 1 saturated heterocycles. The van der Waals surface area contributed by atoms with E-state index in [9.17, 15) is 23.2 Å². The second-order valence-electron chi connectivity index (χ2n) is 7.34. The lowest BCUT2D eigenvalue weighted by Crippen LogP contribution is -2.41. The van der Waals surface area contributed by atoms with Gasteiger partial charge in [0, 0.05) is 25.7 Å². The summed E-state index contributed by atoms with van der Waals surface area (Å²) in [7, 11) is 1.42. The minimum atomic E-state index is -3.04. The first-order valence-electron chi connectivity index (χ1n) is 10.2. The number of H-pyrrole nitrogens is 1. The zero-order valence-corrected chi connectivity index (χ0v) is 17.8. The summed E-state index contributed by atoms with van der Waals surface area (Å²) >= 11 is 0. The molecule has 32 heavy (non-hydrogen) atoms. The van der Waals surface area contributed by atoms with Crippen LogP contribution in [-0.4, -0.2) is 70.8 Å². The number of amides is 3. The van der Waals surface area contributed by atoms with Crippen LogP contribution >= 0.6 is 0 Å². The third-order valence-corrected chi connectivity index (χ3v) is 5.31. The van der Waals surface area contributed by atoms with Crippen LogP contribution in [0, 0.1) is 0 Å². The van der Waals surface area contributed by atoms with Crippen LogP contribution in [0.2, 0.25) is 0 Å². The highest BCUT2D eigenvalue weighted by Gasteiger charge is 2.30. The maximum Gasteiger partial charge on any atom is 0.387 e. The number of ether oxygens (including phenoxy) is 1. The smallest absolute Gasteiger partial charge is 0.387 e. The molecule has 3 amide bonds. The number of nitrogens with zero attached hydrogens (tertiary/aromatic N) is 3. The van der Waals surface area contributed by atoms with E-state index in [0.717, 1.165) is 12.8 Å². The Labute approximate surface area is 183 Å². The Morgan fingerprint density at radius 1 is 1.25 bits per heavy atom. The second-order valence-corrected chi connectivity index (χ2v) is 7.34. The van der Waals surface area contributed by atoms with E-state index in [0.29, 0.717) is 18.7 Å². The Hall–Kier alpha value is -3.50. The number of carbonyl (C=O) groups is 3. The lowest BCUT2D eigenvalue weighted by molar-refractivity contribution is -0.121. The predicted molar refractivity (Wildman–Crippen MR) is 110 cm³/mol. The average Bonchev–Trinajstić information content (AvgIpc) is 3.48. The molecule has 2 N–H and O–H groups in total. The number of likely N-dealkylation sites (N-methyl/N-ethyl adjacent to an activating group) is 1. The molecule has 0 saturated carbocycles. The van der Waals surface area contributed by atoms with Crippen LogP contribution in [0.5, 0.6) is 5.75 Å². The van der Waals surface area contributed by atoms with E-state index < -0.39 is 24.5 Å². The normalized spacial score (nSPS) is 14.3. The number of rotatable bonds is 8. The van der Waals surface area contributed by atoms with E-state index in [1.54, 1.807) is 24.0 Å². The second kappa shape index (κ2) is 10.2. The Balaban J connectivity index is 1.88. The number of alkyl halides is 2. The number of hydrogen-bond donors (Lipinski definition) is 2. The number of aromatic nitrogens is 2. The number of benzene rings is 1. The van der Waals surface area contributed by atoms with Crippen molar-refractivity contribution in [2.75, 3.05) is 26.7 Å². The highest BCUT2D eigenvalue weighted by atomic mass is 19.3. The maximum atomic E-state index is 13.3. The van der Waals surface area contributed by atoms with Crippen molar-refractivity contribution in [3.05, 3.63) is 47.5 Å². The quantitative estimate of drug-likeness (QED) is 0.643. The van der Waals surface area contributed by atoms with E-state index >= 15 is 0 Å². The van der Waals surface area contributed by atoms with Crippen molar-refractivity contribution < 1.29 is 27.9 Å². The van der Waals surface area contributed by atoms with Crippen molar-refractivity contribution in [2.45, 2.75) is 32.4 Å². The third-order valence-electron chi connectivity index (χ3n) is 5.31. The SMILES string of the molecule is CNC(=O)CN(C(=O)c1cnc(C(=O)N2CCCC2)[nH]1)C(C)c1ccccc1OC(F)F. The molecule has 3 rings (SSSR count). The molecule has 9 nitrogen and oxygen atoms in total. The highest BCUT2D eigenvalue weighted by Crippen LogP contribution is 2.31. The molecular weight excluding hydrogens is 424 g/mol. The number of para-hydroxylation sites is 1. The Morgan fingerprint density at radius 2 is 1.94 bits per heavy atom. The van der Waals surface area contributed by atoms with E-state index in [-0.39, 0.29) is 29.7 Å². The van der Waals surface area contributed by atoms with Gasteiger partial charge in [-0.05, 0) is 25.8 Å². The fourth-order valence-corrected chi connectivity index (χ4v) is 3.58. The molecule has 11 heteroatoms. The fraction of sp³-hybridized carbons (Fsp3) is 0.429. The van der Waals surface area contributed by atoms with Crippen LogP contribution in [0.15, 0.2) is 30.5 Å². The molecule has 2 aromatic rings. The van der Waals surface area contributed by atoms with Crippen molar-refractivity contribution >= 4 is 17.7 Å². The van der Waals surface area contributed by atoms with Gasteiger partial charge in [-0.15, -0.1) is 0 Å². The number of halogens is 2. The van der Waals surface area contributed by atoms with Gasteiger partial charge in [-0.3, -0.25) is 14.4 Å². The van der Waals surface area contributed by atoms with Crippen LogP contribution < -0.4 is 10.1 Å². The predicted octanol–water partition coefficient (Wildman–Crippen LogP) is 2.20. The lowest BCUT2D eigenvalue weighted by Gasteiger charge is -2.29. The van der Waals surface area contributed by atoms with E-state index in [1.807, 2.05) is 0 Å².